The molecule has 2 aromatic rings. The van der Waals surface area contributed by atoms with Crippen LogP contribution in [0.5, 0.6) is 0 Å². The first kappa shape index (κ1) is 16.4. The topological polar surface area (TPSA) is 61.4 Å². The summed E-state index contributed by atoms with van der Waals surface area (Å²) in [4.78, 5) is 25.2. The van der Waals surface area contributed by atoms with Gasteiger partial charge in [0.2, 0.25) is 5.95 Å². The fraction of sp³-hybridized carbons (Fsp3) is 0.389. The molecule has 0 bridgehead atoms. The number of benzene rings is 1. The van der Waals surface area contributed by atoms with Crippen LogP contribution in [0.1, 0.15) is 22.5 Å². The third kappa shape index (κ3) is 3.71. The summed E-state index contributed by atoms with van der Waals surface area (Å²) in [5.74, 6) is 0.424. The monoisotopic (exact) mass is 325 g/mol. The van der Waals surface area contributed by atoms with Gasteiger partial charge in [-0.05, 0) is 44.6 Å². The van der Waals surface area contributed by atoms with Crippen LogP contribution >= 0.6 is 0 Å². The molecule has 0 aliphatic carbocycles. The summed E-state index contributed by atoms with van der Waals surface area (Å²) < 4.78 is 0. The van der Waals surface area contributed by atoms with Crippen molar-refractivity contribution in [1.82, 2.24) is 20.2 Å². The van der Waals surface area contributed by atoms with Crippen molar-refractivity contribution in [2.75, 3.05) is 38.6 Å². The van der Waals surface area contributed by atoms with Crippen LogP contribution in [0.3, 0.4) is 0 Å². The lowest BCUT2D eigenvalue weighted by molar-refractivity contribution is 0.0946. The van der Waals surface area contributed by atoms with E-state index in [2.05, 4.69) is 38.4 Å². The zero-order chi connectivity index (χ0) is 16.9. The van der Waals surface area contributed by atoms with Gasteiger partial charge in [0.1, 0.15) is 5.69 Å². The summed E-state index contributed by atoms with van der Waals surface area (Å²) >= 11 is 0. The number of nitrogens with one attached hydrogen (secondary N) is 1. The molecule has 2 heterocycles. The van der Waals surface area contributed by atoms with E-state index in [0.717, 1.165) is 31.6 Å². The normalized spacial score (nSPS) is 13.7. The number of fused-ring (bicyclic) bond motifs is 1. The van der Waals surface area contributed by atoms with Gasteiger partial charge in [-0.15, -0.1) is 0 Å². The van der Waals surface area contributed by atoms with Crippen molar-refractivity contribution >= 4 is 17.5 Å². The summed E-state index contributed by atoms with van der Waals surface area (Å²) in [5.41, 5.74) is 2.84. The number of hydrogen-bond donors (Lipinski definition) is 1. The van der Waals surface area contributed by atoms with Crippen molar-refractivity contribution in [2.45, 2.75) is 12.8 Å². The molecule has 3 rings (SSSR count). The Bertz CT molecular complexity index is 716. The molecule has 1 aliphatic heterocycles. The first-order valence-electron chi connectivity index (χ1n) is 8.26. The summed E-state index contributed by atoms with van der Waals surface area (Å²) in [5, 5.41) is 2.89. The maximum absolute atomic E-state index is 12.3. The molecule has 6 heteroatoms. The molecule has 1 N–H and O–H groups in total. The predicted octanol–water partition coefficient (Wildman–Crippen LogP) is 1.85. The Morgan fingerprint density at radius 3 is 2.96 bits per heavy atom. The van der Waals surface area contributed by atoms with E-state index in [9.17, 15) is 4.79 Å². The minimum Gasteiger partial charge on any atom is -0.349 e. The van der Waals surface area contributed by atoms with Gasteiger partial charge in [0, 0.05) is 31.5 Å². The third-order valence-corrected chi connectivity index (χ3v) is 4.07. The molecule has 6 nitrogen and oxygen atoms in total. The van der Waals surface area contributed by atoms with Gasteiger partial charge in [0.05, 0.1) is 0 Å². The number of aryl methyl sites for hydroxylation is 1. The number of nitrogens with zero attached hydrogens (tertiary/aromatic N) is 4. The zero-order valence-electron chi connectivity index (χ0n) is 14.2. The Morgan fingerprint density at radius 1 is 1.29 bits per heavy atom. The van der Waals surface area contributed by atoms with E-state index in [0.29, 0.717) is 18.2 Å². The molecule has 126 valence electrons. The first-order valence-corrected chi connectivity index (χ1v) is 8.26. The van der Waals surface area contributed by atoms with E-state index in [1.807, 2.05) is 25.1 Å². The zero-order valence-corrected chi connectivity index (χ0v) is 14.2. The molecule has 1 aromatic heterocycles. The quantitative estimate of drug-likeness (QED) is 0.909. The van der Waals surface area contributed by atoms with E-state index in [1.165, 1.54) is 5.56 Å². The second-order valence-electron chi connectivity index (χ2n) is 6.18. The number of aromatic nitrogens is 2. The second kappa shape index (κ2) is 7.40. The van der Waals surface area contributed by atoms with Crippen molar-refractivity contribution < 1.29 is 4.79 Å². The molecular weight excluding hydrogens is 302 g/mol. The number of carbonyl (C=O) groups excluding carboxylic acids is 1. The molecule has 0 fully saturated rings. The Balaban J connectivity index is 1.78. The molecule has 1 aromatic carbocycles. The smallest absolute Gasteiger partial charge is 0.270 e. The van der Waals surface area contributed by atoms with Crippen LogP contribution in [0.25, 0.3) is 0 Å². The molecule has 24 heavy (non-hydrogen) atoms. The van der Waals surface area contributed by atoms with Gasteiger partial charge in [0.25, 0.3) is 5.91 Å². The maximum Gasteiger partial charge on any atom is 0.270 e. The minimum absolute atomic E-state index is 0.161. The predicted molar refractivity (Wildman–Crippen MR) is 94.7 cm³/mol. The highest BCUT2D eigenvalue weighted by atomic mass is 16.1. The number of amides is 1. The van der Waals surface area contributed by atoms with Gasteiger partial charge in [-0.2, -0.15) is 0 Å². The van der Waals surface area contributed by atoms with Crippen LogP contribution < -0.4 is 10.2 Å². The highest BCUT2D eigenvalue weighted by Gasteiger charge is 2.20. The summed E-state index contributed by atoms with van der Waals surface area (Å²) in [7, 11) is 3.95. The molecule has 0 radical (unpaired) electrons. The van der Waals surface area contributed by atoms with E-state index in [1.54, 1.807) is 12.3 Å². The fourth-order valence-electron chi connectivity index (χ4n) is 2.83. The average Bonchev–Trinajstić information content (AvgIpc) is 2.61. The van der Waals surface area contributed by atoms with Crippen LogP contribution in [0.15, 0.2) is 36.5 Å². The highest BCUT2D eigenvalue weighted by molar-refractivity contribution is 5.92. The van der Waals surface area contributed by atoms with E-state index in [-0.39, 0.29) is 5.91 Å². The largest absolute Gasteiger partial charge is 0.349 e. The number of likely N-dealkylation sites (N-methyl/N-ethyl adjacent to an activating group) is 1. The van der Waals surface area contributed by atoms with Crippen LogP contribution in [0.2, 0.25) is 0 Å². The molecule has 0 spiro atoms. The van der Waals surface area contributed by atoms with Crippen LogP contribution in [0.4, 0.5) is 11.6 Å². The number of hydrogen-bond acceptors (Lipinski definition) is 5. The minimum atomic E-state index is -0.161. The van der Waals surface area contributed by atoms with Crippen molar-refractivity contribution in [3.8, 4) is 0 Å². The molecule has 1 aliphatic rings. The molecule has 0 saturated carbocycles. The van der Waals surface area contributed by atoms with Crippen LogP contribution in [-0.2, 0) is 6.42 Å². The van der Waals surface area contributed by atoms with Crippen molar-refractivity contribution in [2.24, 2.45) is 0 Å². The van der Waals surface area contributed by atoms with Gasteiger partial charge in [0.15, 0.2) is 0 Å². The van der Waals surface area contributed by atoms with Crippen molar-refractivity contribution in [3.05, 3.63) is 47.8 Å². The van der Waals surface area contributed by atoms with Gasteiger partial charge in [-0.25, -0.2) is 9.97 Å². The highest BCUT2D eigenvalue weighted by Crippen LogP contribution is 2.31. The van der Waals surface area contributed by atoms with Crippen LogP contribution in [0, 0.1) is 0 Å². The summed E-state index contributed by atoms with van der Waals surface area (Å²) in [6.07, 6.45) is 3.78. The van der Waals surface area contributed by atoms with E-state index in [4.69, 9.17) is 0 Å². The Labute approximate surface area is 142 Å². The van der Waals surface area contributed by atoms with Crippen LogP contribution in [-0.4, -0.2) is 54.5 Å². The third-order valence-electron chi connectivity index (χ3n) is 4.07. The Morgan fingerprint density at radius 2 is 2.12 bits per heavy atom. The van der Waals surface area contributed by atoms with Crippen molar-refractivity contribution in [1.29, 1.82) is 0 Å². The molecular formula is C18H23N5O. The summed E-state index contributed by atoms with van der Waals surface area (Å²) in [6, 6.07) is 9.96. The SMILES string of the molecule is CN(C)CCNC(=O)c1ccnc(N2CCCc3ccccc32)n1. The lowest BCUT2D eigenvalue weighted by atomic mass is 10.0. The molecule has 0 atom stereocenters. The average molecular weight is 325 g/mol. The van der Waals surface area contributed by atoms with Gasteiger partial charge in [-0.1, -0.05) is 18.2 Å². The van der Waals surface area contributed by atoms with Crippen molar-refractivity contribution in [3.63, 3.8) is 0 Å². The number of anilines is 2. The number of para-hydroxylation sites is 1. The lowest BCUT2D eigenvalue weighted by Crippen LogP contribution is -2.32. The number of rotatable bonds is 5. The Kier molecular flexibility index (Phi) is 5.05. The second-order valence-corrected chi connectivity index (χ2v) is 6.18. The lowest BCUT2D eigenvalue weighted by Gasteiger charge is -2.29. The summed E-state index contributed by atoms with van der Waals surface area (Å²) in [6.45, 7) is 2.25. The molecule has 0 unspecified atom stereocenters. The molecule has 1 amide bonds. The van der Waals surface area contributed by atoms with E-state index < -0.39 is 0 Å². The first-order chi connectivity index (χ1) is 11.6. The fourth-order valence-corrected chi connectivity index (χ4v) is 2.83. The Hall–Kier alpha value is -2.47. The number of carbonyl (C=O) groups is 1. The van der Waals surface area contributed by atoms with Gasteiger partial charge >= 0.3 is 0 Å². The van der Waals surface area contributed by atoms with Gasteiger partial charge in [-0.3, -0.25) is 4.79 Å². The standard InChI is InChI=1S/C18H23N5O/c1-22(2)13-11-19-17(24)15-9-10-20-18(21-15)23-12-5-7-14-6-3-4-8-16(14)23/h3-4,6,8-10H,5,7,11-13H2,1-2H3,(H,19,24). The van der Waals surface area contributed by atoms with Gasteiger partial charge < -0.3 is 15.1 Å². The molecule has 0 saturated heterocycles. The van der Waals surface area contributed by atoms with E-state index >= 15 is 0 Å². The maximum atomic E-state index is 12.3.